The molecule has 16 heavy (non-hydrogen) atoms. The van der Waals surface area contributed by atoms with Gasteiger partial charge in [0.05, 0.1) is 12.3 Å². The molecule has 5 heteroatoms. The lowest BCUT2D eigenvalue weighted by atomic mass is 10.3. The number of ether oxygens (including phenoxy) is 1. The summed E-state index contributed by atoms with van der Waals surface area (Å²) in [6.07, 6.45) is 1.01. The number of nitrogen functional groups attached to an aromatic ring is 1. The number of nitrogens with two attached hydrogens (primary N) is 2. The van der Waals surface area contributed by atoms with Crippen LogP contribution in [0.5, 0.6) is 5.88 Å². The van der Waals surface area contributed by atoms with Crippen LogP contribution in [-0.4, -0.2) is 30.7 Å². The number of hydrogen-bond donors (Lipinski definition) is 2. The molecule has 0 radical (unpaired) electrons. The van der Waals surface area contributed by atoms with Crippen molar-refractivity contribution in [3.05, 3.63) is 12.1 Å². The number of aromatic nitrogens is 1. The summed E-state index contributed by atoms with van der Waals surface area (Å²) < 4.78 is 5.37. The summed E-state index contributed by atoms with van der Waals surface area (Å²) in [7, 11) is 0. The lowest BCUT2D eigenvalue weighted by Crippen LogP contribution is -2.26. The molecule has 1 aliphatic heterocycles. The van der Waals surface area contributed by atoms with E-state index in [9.17, 15) is 0 Å². The molecule has 1 fully saturated rings. The number of pyridine rings is 1. The Balaban J connectivity index is 2.18. The van der Waals surface area contributed by atoms with Gasteiger partial charge >= 0.3 is 0 Å². The Kier molecular flexibility index (Phi) is 3.14. The van der Waals surface area contributed by atoms with Gasteiger partial charge in [-0.15, -0.1) is 0 Å². The molecule has 0 spiro atoms. The molecule has 5 nitrogen and oxygen atoms in total. The molecule has 0 amide bonds. The van der Waals surface area contributed by atoms with Crippen molar-refractivity contribution in [1.29, 1.82) is 0 Å². The topological polar surface area (TPSA) is 77.4 Å². The van der Waals surface area contributed by atoms with Crippen molar-refractivity contribution in [3.8, 4) is 5.88 Å². The first-order chi connectivity index (χ1) is 7.70. The molecule has 0 saturated carbocycles. The van der Waals surface area contributed by atoms with Gasteiger partial charge in [0.25, 0.3) is 0 Å². The molecule has 2 rings (SSSR count). The van der Waals surface area contributed by atoms with Crippen LogP contribution in [0, 0.1) is 0 Å². The minimum absolute atomic E-state index is 0.245. The Hall–Kier alpha value is -1.49. The van der Waals surface area contributed by atoms with E-state index < -0.39 is 0 Å². The van der Waals surface area contributed by atoms with E-state index in [1.54, 1.807) is 0 Å². The van der Waals surface area contributed by atoms with Crippen molar-refractivity contribution >= 4 is 11.5 Å². The summed E-state index contributed by atoms with van der Waals surface area (Å²) in [5.41, 5.74) is 12.2. The van der Waals surface area contributed by atoms with Crippen LogP contribution >= 0.6 is 0 Å². The Morgan fingerprint density at radius 3 is 3.00 bits per heavy atom. The fraction of sp³-hybridized carbons (Fsp3) is 0.545. The number of rotatable bonds is 3. The number of anilines is 2. The molecular weight excluding hydrogens is 204 g/mol. The molecule has 1 aliphatic rings. The van der Waals surface area contributed by atoms with E-state index in [4.69, 9.17) is 16.2 Å². The van der Waals surface area contributed by atoms with Gasteiger partial charge in [0, 0.05) is 19.1 Å². The standard InChI is InChI=1S/C11H18N4O/c1-2-16-11-9(13)3-4-10(14-11)15-6-5-8(12)7-15/h3-4,8H,2,5-7,12-13H2,1H3. The van der Waals surface area contributed by atoms with Crippen LogP contribution in [-0.2, 0) is 0 Å². The van der Waals surface area contributed by atoms with Crippen molar-refractivity contribution in [2.75, 3.05) is 30.3 Å². The Morgan fingerprint density at radius 1 is 1.56 bits per heavy atom. The highest BCUT2D eigenvalue weighted by Crippen LogP contribution is 2.25. The Labute approximate surface area is 95.4 Å². The van der Waals surface area contributed by atoms with Gasteiger partial charge in [-0.25, -0.2) is 0 Å². The van der Waals surface area contributed by atoms with E-state index in [1.165, 1.54) is 0 Å². The van der Waals surface area contributed by atoms with E-state index in [2.05, 4.69) is 9.88 Å². The second-order valence-corrected chi connectivity index (χ2v) is 3.99. The third-order valence-corrected chi connectivity index (χ3v) is 2.70. The third-order valence-electron chi connectivity index (χ3n) is 2.70. The second kappa shape index (κ2) is 4.57. The predicted octanol–water partition coefficient (Wildman–Crippen LogP) is 0.600. The minimum atomic E-state index is 0.245. The largest absolute Gasteiger partial charge is 0.476 e. The van der Waals surface area contributed by atoms with Gasteiger partial charge in [-0.3, -0.25) is 0 Å². The maximum atomic E-state index is 5.86. The second-order valence-electron chi connectivity index (χ2n) is 3.99. The van der Waals surface area contributed by atoms with Crippen LogP contribution in [0.25, 0.3) is 0 Å². The van der Waals surface area contributed by atoms with Crippen LogP contribution in [0.4, 0.5) is 11.5 Å². The van der Waals surface area contributed by atoms with Crippen molar-refractivity contribution in [1.82, 2.24) is 4.98 Å². The smallest absolute Gasteiger partial charge is 0.239 e. The fourth-order valence-electron chi connectivity index (χ4n) is 1.87. The molecular formula is C11H18N4O. The van der Waals surface area contributed by atoms with Gasteiger partial charge in [-0.05, 0) is 25.5 Å². The SMILES string of the molecule is CCOc1nc(N2CCC(N)C2)ccc1N. The average Bonchev–Trinajstić information content (AvgIpc) is 2.69. The first kappa shape index (κ1) is 11.0. The summed E-state index contributed by atoms with van der Waals surface area (Å²) in [4.78, 5) is 6.56. The third kappa shape index (κ3) is 2.19. The van der Waals surface area contributed by atoms with Gasteiger partial charge in [-0.1, -0.05) is 0 Å². The lowest BCUT2D eigenvalue weighted by Gasteiger charge is -2.18. The zero-order chi connectivity index (χ0) is 11.5. The Morgan fingerprint density at radius 2 is 2.38 bits per heavy atom. The highest BCUT2D eigenvalue weighted by Gasteiger charge is 2.20. The fourth-order valence-corrected chi connectivity index (χ4v) is 1.87. The quantitative estimate of drug-likeness (QED) is 0.783. The average molecular weight is 222 g/mol. The minimum Gasteiger partial charge on any atom is -0.476 e. The summed E-state index contributed by atoms with van der Waals surface area (Å²) in [5, 5.41) is 0. The monoisotopic (exact) mass is 222 g/mol. The van der Waals surface area contributed by atoms with Crippen LogP contribution in [0.3, 0.4) is 0 Å². The van der Waals surface area contributed by atoms with Gasteiger partial charge in [-0.2, -0.15) is 4.98 Å². The van der Waals surface area contributed by atoms with Crippen LogP contribution in [0.1, 0.15) is 13.3 Å². The van der Waals surface area contributed by atoms with E-state index in [1.807, 2.05) is 19.1 Å². The zero-order valence-corrected chi connectivity index (χ0v) is 9.52. The maximum Gasteiger partial charge on any atom is 0.239 e. The maximum absolute atomic E-state index is 5.86. The molecule has 88 valence electrons. The summed E-state index contributed by atoms with van der Waals surface area (Å²) in [6.45, 7) is 4.28. The molecule has 1 aromatic heterocycles. The Bertz CT molecular complexity index is 369. The molecule has 2 heterocycles. The van der Waals surface area contributed by atoms with Crippen molar-refractivity contribution in [3.63, 3.8) is 0 Å². The molecule has 1 saturated heterocycles. The molecule has 1 atom stereocenters. The normalized spacial score (nSPS) is 20.1. The van der Waals surface area contributed by atoms with Crippen LogP contribution in [0.15, 0.2) is 12.1 Å². The number of hydrogen-bond acceptors (Lipinski definition) is 5. The first-order valence-corrected chi connectivity index (χ1v) is 5.60. The van der Waals surface area contributed by atoms with Crippen LogP contribution in [0.2, 0.25) is 0 Å². The van der Waals surface area contributed by atoms with Gasteiger partial charge in [0.1, 0.15) is 5.82 Å². The number of nitrogens with zero attached hydrogens (tertiary/aromatic N) is 2. The molecule has 0 bridgehead atoms. The highest BCUT2D eigenvalue weighted by atomic mass is 16.5. The summed E-state index contributed by atoms with van der Waals surface area (Å²) in [5.74, 6) is 1.41. The molecule has 0 aliphatic carbocycles. The zero-order valence-electron chi connectivity index (χ0n) is 9.52. The van der Waals surface area contributed by atoms with Crippen molar-refractivity contribution < 1.29 is 4.74 Å². The van der Waals surface area contributed by atoms with Crippen molar-refractivity contribution in [2.45, 2.75) is 19.4 Å². The van der Waals surface area contributed by atoms with Gasteiger partial charge < -0.3 is 21.1 Å². The first-order valence-electron chi connectivity index (χ1n) is 5.60. The molecule has 0 aromatic carbocycles. The van der Waals surface area contributed by atoms with Gasteiger partial charge in [0.15, 0.2) is 0 Å². The van der Waals surface area contributed by atoms with E-state index in [0.717, 1.165) is 25.3 Å². The van der Waals surface area contributed by atoms with E-state index in [-0.39, 0.29) is 6.04 Å². The molecule has 1 aromatic rings. The lowest BCUT2D eigenvalue weighted by molar-refractivity contribution is 0.329. The van der Waals surface area contributed by atoms with Crippen LogP contribution < -0.4 is 21.1 Å². The summed E-state index contributed by atoms with van der Waals surface area (Å²) >= 11 is 0. The van der Waals surface area contributed by atoms with Gasteiger partial charge in [0.2, 0.25) is 5.88 Å². The van der Waals surface area contributed by atoms with Crippen molar-refractivity contribution in [2.24, 2.45) is 5.73 Å². The molecule has 1 unspecified atom stereocenters. The van der Waals surface area contributed by atoms with E-state index in [0.29, 0.717) is 18.2 Å². The highest BCUT2D eigenvalue weighted by molar-refractivity contribution is 5.55. The van der Waals surface area contributed by atoms with E-state index >= 15 is 0 Å². The molecule has 4 N–H and O–H groups in total. The predicted molar refractivity (Wildman–Crippen MR) is 64.6 cm³/mol. The summed E-state index contributed by atoms with van der Waals surface area (Å²) in [6, 6.07) is 3.99.